The molecule has 7 heteroatoms. The standard InChI is InChI=1S/C19H28N6O/c1-7-24(8-2)15-9-10-16(17(11-15)21-14(6)26)22-18-13(5)23-25(12(3)4)19(18)20/h9-11,22-23H,5,7-8,20H2,1-4,6H3/p+1. The molecule has 1 aromatic carbocycles. The number of carbonyl (C=O) groups is 1. The normalized spacial score (nSPS) is 10.5. The lowest BCUT2D eigenvalue weighted by Crippen LogP contribution is -2.27. The van der Waals surface area contributed by atoms with Crippen molar-refractivity contribution in [2.45, 2.75) is 34.6 Å². The third-order valence-corrected chi connectivity index (χ3v) is 4.19. The Bertz CT molecular complexity index is 907. The summed E-state index contributed by atoms with van der Waals surface area (Å²) in [6, 6.07) is 5.93. The van der Waals surface area contributed by atoms with Crippen molar-refractivity contribution < 1.29 is 9.15 Å². The molecule has 0 aliphatic heterocycles. The highest BCUT2D eigenvalue weighted by molar-refractivity contribution is 5.94. The minimum Gasteiger partial charge on any atom is -0.372 e. The van der Waals surface area contributed by atoms with Gasteiger partial charge in [-0.15, -0.1) is 4.36 Å². The van der Waals surface area contributed by atoms with Gasteiger partial charge in [0.25, 0.3) is 0 Å². The van der Waals surface area contributed by atoms with Crippen LogP contribution in [0.15, 0.2) is 18.2 Å². The summed E-state index contributed by atoms with van der Waals surface area (Å²) in [4.78, 5) is 13.9. The van der Waals surface area contributed by atoms with Crippen LogP contribution < -0.4 is 31.0 Å². The second-order valence-electron chi connectivity index (χ2n) is 6.34. The lowest BCUT2D eigenvalue weighted by atomic mass is 10.2. The maximum atomic E-state index is 11.7. The van der Waals surface area contributed by atoms with E-state index in [1.807, 2.05) is 32.0 Å². The maximum Gasteiger partial charge on any atom is 0.322 e. The van der Waals surface area contributed by atoms with E-state index in [1.54, 1.807) is 4.36 Å². The van der Waals surface area contributed by atoms with Crippen LogP contribution in [0.1, 0.15) is 34.6 Å². The molecule has 0 saturated carbocycles. The predicted octanol–water partition coefficient (Wildman–Crippen LogP) is 2.26. The Morgan fingerprint density at radius 2 is 1.88 bits per heavy atom. The van der Waals surface area contributed by atoms with Crippen molar-refractivity contribution in [1.82, 2.24) is 5.10 Å². The van der Waals surface area contributed by atoms with E-state index < -0.39 is 0 Å². The highest BCUT2D eigenvalue weighted by Gasteiger charge is 2.16. The van der Waals surface area contributed by atoms with Crippen LogP contribution in [0.4, 0.5) is 28.6 Å². The number of carbonyl (C=O) groups excluding carboxylic acids is 1. The number of nitrogens with zero attached hydrogens (tertiary/aromatic N) is 2. The Balaban J connectivity index is 2.51. The second kappa shape index (κ2) is 7.95. The highest BCUT2D eigenvalue weighted by atomic mass is 16.1. The molecule has 0 unspecified atom stereocenters. The van der Waals surface area contributed by atoms with Gasteiger partial charge in [0.05, 0.1) is 16.7 Å². The number of hydrogen-bond acceptors (Lipinski definition) is 4. The van der Waals surface area contributed by atoms with Crippen LogP contribution in [-0.4, -0.2) is 24.1 Å². The zero-order chi connectivity index (χ0) is 19.4. The maximum absolute atomic E-state index is 11.7. The number of H-pyrrole nitrogens is 1. The van der Waals surface area contributed by atoms with E-state index in [-0.39, 0.29) is 5.91 Å². The molecular formula is C19H29N6O+. The summed E-state index contributed by atoms with van der Waals surface area (Å²) in [5.74, 6) is 0.408. The van der Waals surface area contributed by atoms with E-state index in [9.17, 15) is 4.79 Å². The van der Waals surface area contributed by atoms with E-state index >= 15 is 0 Å². The minimum atomic E-state index is -0.130. The lowest BCUT2D eigenvalue weighted by Gasteiger charge is -2.23. The van der Waals surface area contributed by atoms with Gasteiger partial charge in [0.1, 0.15) is 5.71 Å². The molecule has 140 valence electrons. The van der Waals surface area contributed by atoms with Crippen molar-refractivity contribution in [2.75, 3.05) is 34.4 Å². The Morgan fingerprint density at radius 1 is 1.23 bits per heavy atom. The van der Waals surface area contributed by atoms with Crippen molar-refractivity contribution in [3.8, 4) is 0 Å². The van der Waals surface area contributed by atoms with Gasteiger partial charge in [-0.05, 0) is 45.9 Å². The molecule has 2 aromatic rings. The predicted molar refractivity (Wildman–Crippen MR) is 108 cm³/mol. The summed E-state index contributed by atoms with van der Waals surface area (Å²) in [6.07, 6.45) is 0. The summed E-state index contributed by atoms with van der Waals surface area (Å²) < 4.78 is 1.77. The average molecular weight is 357 g/mol. The fourth-order valence-corrected chi connectivity index (χ4v) is 2.86. The number of nitrogens with one attached hydrogen (secondary N) is 3. The smallest absolute Gasteiger partial charge is 0.322 e. The van der Waals surface area contributed by atoms with Gasteiger partial charge in [-0.2, -0.15) is 0 Å². The Morgan fingerprint density at radius 3 is 2.38 bits per heavy atom. The number of hydrogen-bond donors (Lipinski definition) is 4. The van der Waals surface area contributed by atoms with Gasteiger partial charge in [-0.25, -0.2) is 5.10 Å². The van der Waals surface area contributed by atoms with Crippen LogP contribution >= 0.6 is 0 Å². The first kappa shape index (κ1) is 19.4. The Hall–Kier alpha value is -2.96. The number of benzene rings is 1. The fraction of sp³-hybridized carbons (Fsp3) is 0.368. The third kappa shape index (κ3) is 3.99. The molecule has 0 spiro atoms. The molecule has 0 saturated heterocycles. The summed E-state index contributed by atoms with van der Waals surface area (Å²) in [5, 5.41) is 10.00. The molecule has 5 N–H and O–H groups in total. The average Bonchev–Trinajstić information content (AvgIpc) is 2.85. The van der Waals surface area contributed by atoms with Crippen LogP contribution in [0.3, 0.4) is 0 Å². The van der Waals surface area contributed by atoms with Crippen LogP contribution in [-0.2, 0) is 4.79 Å². The number of anilines is 5. The number of nitrogen functional groups attached to an aromatic ring is 1. The summed E-state index contributed by atoms with van der Waals surface area (Å²) in [5.41, 5.74) is 10.4. The van der Waals surface area contributed by atoms with Gasteiger partial charge in [0, 0.05) is 25.7 Å². The molecule has 0 bridgehead atoms. The number of aromatic amines is 1. The third-order valence-electron chi connectivity index (χ3n) is 4.19. The van der Waals surface area contributed by atoms with Crippen molar-refractivity contribution in [3.63, 3.8) is 0 Å². The monoisotopic (exact) mass is 357 g/mol. The van der Waals surface area contributed by atoms with Gasteiger partial charge >= 0.3 is 5.82 Å². The topological polar surface area (TPSA) is 92.1 Å². The van der Waals surface area contributed by atoms with Gasteiger partial charge in [0.2, 0.25) is 5.91 Å². The van der Waals surface area contributed by atoms with Crippen LogP contribution in [0.2, 0.25) is 0 Å². The zero-order valence-electron chi connectivity index (χ0n) is 16.2. The first-order chi connectivity index (χ1) is 12.3. The summed E-state index contributed by atoms with van der Waals surface area (Å²) >= 11 is 0. The quantitative estimate of drug-likeness (QED) is 0.597. The molecule has 2 rings (SSSR count). The molecule has 1 aromatic heterocycles. The highest BCUT2D eigenvalue weighted by Crippen LogP contribution is 2.30. The van der Waals surface area contributed by atoms with Gasteiger partial charge in [0.15, 0.2) is 5.69 Å². The largest absolute Gasteiger partial charge is 0.372 e. The lowest BCUT2D eigenvalue weighted by molar-refractivity contribution is -0.571. The first-order valence-corrected chi connectivity index (χ1v) is 8.78. The molecule has 0 aliphatic carbocycles. The van der Waals surface area contributed by atoms with Gasteiger partial charge in [-0.1, -0.05) is 6.58 Å². The molecule has 26 heavy (non-hydrogen) atoms. The molecule has 0 radical (unpaired) electrons. The van der Waals surface area contributed by atoms with E-state index in [0.717, 1.165) is 30.2 Å². The van der Waals surface area contributed by atoms with E-state index in [4.69, 9.17) is 5.73 Å². The molecule has 0 aliphatic rings. The molecule has 1 amide bonds. The van der Waals surface area contributed by atoms with Crippen molar-refractivity contribution >= 4 is 41.1 Å². The summed E-state index contributed by atoms with van der Waals surface area (Å²) in [6.45, 7) is 15.4. The van der Waals surface area contributed by atoms with Crippen LogP contribution in [0.5, 0.6) is 0 Å². The van der Waals surface area contributed by atoms with Crippen LogP contribution in [0, 0.1) is 5.71 Å². The first-order valence-electron chi connectivity index (χ1n) is 8.78. The Kier molecular flexibility index (Phi) is 5.92. The second-order valence-corrected chi connectivity index (χ2v) is 6.34. The Labute approximate surface area is 154 Å². The molecule has 0 atom stereocenters. The van der Waals surface area contributed by atoms with E-state index in [1.165, 1.54) is 6.92 Å². The molecule has 7 nitrogen and oxygen atoms in total. The number of nitrogens with two attached hydrogens (primary N) is 1. The van der Waals surface area contributed by atoms with Gasteiger partial charge < -0.3 is 15.5 Å². The zero-order valence-corrected chi connectivity index (χ0v) is 16.2. The van der Waals surface area contributed by atoms with Crippen LogP contribution in [0.25, 0.3) is 6.58 Å². The number of aromatic nitrogens is 2. The number of rotatable bonds is 6. The number of amides is 1. The molecule has 0 fully saturated rings. The minimum absolute atomic E-state index is 0.130. The van der Waals surface area contributed by atoms with Gasteiger partial charge in [-0.3, -0.25) is 10.5 Å². The molecular weight excluding hydrogens is 328 g/mol. The van der Waals surface area contributed by atoms with E-state index in [2.05, 4.69) is 41.1 Å². The van der Waals surface area contributed by atoms with Crippen molar-refractivity contribution in [3.05, 3.63) is 29.3 Å². The van der Waals surface area contributed by atoms with Crippen molar-refractivity contribution in [2.24, 2.45) is 0 Å². The summed E-state index contributed by atoms with van der Waals surface area (Å²) in [7, 11) is 0. The van der Waals surface area contributed by atoms with Crippen molar-refractivity contribution in [1.29, 1.82) is 0 Å². The fourth-order valence-electron chi connectivity index (χ4n) is 2.86. The van der Waals surface area contributed by atoms with E-state index in [0.29, 0.717) is 22.5 Å². The molecule has 1 heterocycles. The SMILES string of the molecule is C=c1[nH][n+](=C(C)C)c(N)c1Nc1ccc(N(CC)CC)cc1NC(C)=O.